The van der Waals surface area contributed by atoms with Crippen molar-refractivity contribution >= 4 is 44.3 Å². The number of hydrogen-bond acceptors (Lipinski definition) is 2. The molecule has 4 nitrogen and oxygen atoms in total. The lowest BCUT2D eigenvalue weighted by Gasteiger charge is -2.09. The number of benzene rings is 1. The van der Waals surface area contributed by atoms with Crippen LogP contribution < -0.4 is 5.32 Å². The van der Waals surface area contributed by atoms with Gasteiger partial charge in [0.1, 0.15) is 5.16 Å². The molecule has 0 aliphatic rings. The summed E-state index contributed by atoms with van der Waals surface area (Å²) < 4.78 is 0.905. The lowest BCUT2D eigenvalue weighted by Crippen LogP contribution is -2.21. The van der Waals surface area contributed by atoms with Gasteiger partial charge in [-0.2, -0.15) is 5.10 Å². The number of amides is 1. The van der Waals surface area contributed by atoms with Crippen molar-refractivity contribution in [2.45, 2.75) is 26.7 Å². The number of fused-ring (bicyclic) bond motifs is 1. The molecule has 0 saturated carbocycles. The first kappa shape index (κ1) is 15.1. The van der Waals surface area contributed by atoms with Gasteiger partial charge in [0.15, 0.2) is 0 Å². The van der Waals surface area contributed by atoms with Crippen molar-refractivity contribution in [3.8, 4) is 0 Å². The number of aromatic amines is 1. The number of allylic oxidation sites excluding steroid dienone is 1. The highest BCUT2D eigenvalue weighted by atomic mass is 79.9. The summed E-state index contributed by atoms with van der Waals surface area (Å²) in [7, 11) is 0. The lowest BCUT2D eigenvalue weighted by atomic mass is 10.0. The predicted octanol–water partition coefficient (Wildman–Crippen LogP) is 4.24. The predicted molar refractivity (Wildman–Crippen MR) is 84.8 cm³/mol. The maximum absolute atomic E-state index is 12.4. The second-order valence-electron chi connectivity index (χ2n) is 4.50. The van der Waals surface area contributed by atoms with Gasteiger partial charge in [0.05, 0.1) is 17.3 Å². The molecule has 0 aliphatic carbocycles. The van der Waals surface area contributed by atoms with E-state index >= 15 is 0 Å². The fraction of sp³-hybridized carbons (Fsp3) is 0.286. The van der Waals surface area contributed by atoms with E-state index in [1.807, 2.05) is 13.0 Å². The van der Waals surface area contributed by atoms with Gasteiger partial charge >= 0.3 is 0 Å². The van der Waals surface area contributed by atoms with Gasteiger partial charge < -0.3 is 5.32 Å². The summed E-state index contributed by atoms with van der Waals surface area (Å²) in [6, 6.07) is 1.90. The van der Waals surface area contributed by atoms with Crippen molar-refractivity contribution in [2.24, 2.45) is 0 Å². The van der Waals surface area contributed by atoms with Crippen molar-refractivity contribution < 1.29 is 4.79 Å². The molecule has 2 aromatic rings. The molecule has 0 aliphatic heterocycles. The van der Waals surface area contributed by atoms with Crippen LogP contribution in [0.5, 0.6) is 0 Å². The summed E-state index contributed by atoms with van der Waals surface area (Å²) in [5.74, 6) is -0.235. The summed E-state index contributed by atoms with van der Waals surface area (Å²) in [5.41, 5.74) is 2.11. The Balaban J connectivity index is 2.38. The topological polar surface area (TPSA) is 57.8 Å². The van der Waals surface area contributed by atoms with E-state index in [1.165, 1.54) is 0 Å². The minimum absolute atomic E-state index is 0.235. The van der Waals surface area contributed by atoms with Crippen LogP contribution in [0.1, 0.15) is 35.7 Å². The molecule has 0 fully saturated rings. The first-order valence-electron chi connectivity index (χ1n) is 6.33. The normalized spacial score (nSPS) is 11.9. The van der Waals surface area contributed by atoms with Gasteiger partial charge in [0.25, 0.3) is 5.91 Å². The SMILES string of the molecule is CCC/C=C(\Cl)NC(=O)c1c(C)cc(Br)c2cn[nH]c12. The smallest absolute Gasteiger partial charge is 0.258 e. The molecule has 1 amide bonds. The molecule has 2 rings (SSSR count). The number of H-pyrrole nitrogens is 1. The Morgan fingerprint density at radius 2 is 2.35 bits per heavy atom. The van der Waals surface area contributed by atoms with Gasteiger partial charge in [0, 0.05) is 9.86 Å². The number of rotatable bonds is 4. The molecule has 0 unspecified atom stereocenters. The molecule has 0 bridgehead atoms. The van der Waals surface area contributed by atoms with Crippen molar-refractivity contribution in [2.75, 3.05) is 0 Å². The first-order valence-corrected chi connectivity index (χ1v) is 7.50. The molecule has 0 radical (unpaired) electrons. The molecule has 0 atom stereocenters. The Bertz CT molecular complexity index is 678. The molecular weight excluding hydrogens is 342 g/mol. The van der Waals surface area contributed by atoms with Gasteiger partial charge in [-0.25, -0.2) is 0 Å². The lowest BCUT2D eigenvalue weighted by molar-refractivity contribution is 0.0969. The summed E-state index contributed by atoms with van der Waals surface area (Å²) in [4.78, 5) is 12.4. The zero-order valence-electron chi connectivity index (χ0n) is 11.3. The number of unbranched alkanes of at least 4 members (excludes halogenated alkanes) is 1. The van der Waals surface area contributed by atoms with Crippen LogP contribution in [-0.2, 0) is 0 Å². The van der Waals surface area contributed by atoms with Gasteiger partial charge in [-0.05, 0) is 31.1 Å². The third kappa shape index (κ3) is 3.04. The molecule has 0 spiro atoms. The number of aryl methyl sites for hydroxylation is 1. The molecule has 1 aromatic heterocycles. The zero-order chi connectivity index (χ0) is 14.7. The molecule has 20 heavy (non-hydrogen) atoms. The minimum Gasteiger partial charge on any atom is -0.313 e. The number of aromatic nitrogens is 2. The van der Waals surface area contributed by atoms with Gasteiger partial charge in [-0.1, -0.05) is 40.9 Å². The van der Waals surface area contributed by atoms with Gasteiger partial charge in [0.2, 0.25) is 0 Å². The number of carbonyl (C=O) groups excluding carboxylic acids is 1. The Labute approximate surface area is 130 Å². The third-order valence-corrected chi connectivity index (χ3v) is 3.86. The van der Waals surface area contributed by atoms with Crippen molar-refractivity contribution in [1.29, 1.82) is 0 Å². The van der Waals surface area contributed by atoms with E-state index < -0.39 is 0 Å². The van der Waals surface area contributed by atoms with E-state index in [2.05, 4.69) is 38.4 Å². The van der Waals surface area contributed by atoms with E-state index in [-0.39, 0.29) is 5.91 Å². The van der Waals surface area contributed by atoms with Crippen LogP contribution in [0.15, 0.2) is 28.0 Å². The number of nitrogens with one attached hydrogen (secondary N) is 2. The molecule has 106 valence electrons. The van der Waals surface area contributed by atoms with Crippen LogP contribution in [0.4, 0.5) is 0 Å². The molecular formula is C14H15BrClN3O. The van der Waals surface area contributed by atoms with Crippen LogP contribution in [0.3, 0.4) is 0 Å². The maximum atomic E-state index is 12.4. The van der Waals surface area contributed by atoms with E-state index in [0.717, 1.165) is 28.3 Å². The van der Waals surface area contributed by atoms with Crippen molar-refractivity contribution in [3.63, 3.8) is 0 Å². The van der Waals surface area contributed by atoms with E-state index in [1.54, 1.807) is 12.3 Å². The summed E-state index contributed by atoms with van der Waals surface area (Å²) in [5, 5.41) is 10.8. The third-order valence-electron chi connectivity index (χ3n) is 2.96. The van der Waals surface area contributed by atoms with E-state index in [4.69, 9.17) is 11.6 Å². The van der Waals surface area contributed by atoms with Gasteiger partial charge in [-0.3, -0.25) is 9.89 Å². The van der Waals surface area contributed by atoms with Crippen LogP contribution >= 0.6 is 27.5 Å². The largest absolute Gasteiger partial charge is 0.313 e. The molecule has 0 saturated heterocycles. The number of halogens is 2. The van der Waals surface area contributed by atoms with Crippen LogP contribution in [0.2, 0.25) is 0 Å². The Kier molecular flexibility index (Phi) is 4.83. The minimum atomic E-state index is -0.235. The summed E-state index contributed by atoms with van der Waals surface area (Å²) in [6.07, 6.45) is 5.30. The zero-order valence-corrected chi connectivity index (χ0v) is 13.6. The van der Waals surface area contributed by atoms with Crippen molar-refractivity contribution in [3.05, 3.63) is 39.1 Å². The fourth-order valence-electron chi connectivity index (χ4n) is 1.98. The maximum Gasteiger partial charge on any atom is 0.258 e. The Hall–Kier alpha value is -1.33. The molecule has 1 heterocycles. The number of carbonyl (C=O) groups is 1. The first-order chi connectivity index (χ1) is 9.54. The highest BCUT2D eigenvalue weighted by molar-refractivity contribution is 9.10. The molecule has 2 N–H and O–H groups in total. The van der Waals surface area contributed by atoms with E-state index in [0.29, 0.717) is 16.2 Å². The number of hydrogen-bond donors (Lipinski definition) is 2. The van der Waals surface area contributed by atoms with Crippen LogP contribution in [-0.4, -0.2) is 16.1 Å². The standard InChI is InChI=1S/C14H15BrClN3O/c1-3-4-5-11(16)18-14(20)12-8(2)6-10(15)9-7-17-19-13(9)12/h5-7H,3-4H2,1-2H3,(H,17,19)(H,18,20)/b11-5+. The highest BCUT2D eigenvalue weighted by Crippen LogP contribution is 2.28. The monoisotopic (exact) mass is 355 g/mol. The summed E-state index contributed by atoms with van der Waals surface area (Å²) >= 11 is 9.47. The van der Waals surface area contributed by atoms with Gasteiger partial charge in [-0.15, -0.1) is 0 Å². The average molecular weight is 357 g/mol. The van der Waals surface area contributed by atoms with Crippen molar-refractivity contribution in [1.82, 2.24) is 15.5 Å². The fourth-order valence-corrected chi connectivity index (χ4v) is 2.82. The number of nitrogens with zero attached hydrogens (tertiary/aromatic N) is 1. The van der Waals surface area contributed by atoms with E-state index in [9.17, 15) is 4.79 Å². The summed E-state index contributed by atoms with van der Waals surface area (Å²) in [6.45, 7) is 3.93. The highest BCUT2D eigenvalue weighted by Gasteiger charge is 2.17. The second-order valence-corrected chi connectivity index (χ2v) is 5.77. The van der Waals surface area contributed by atoms with Crippen LogP contribution in [0.25, 0.3) is 10.9 Å². The second kappa shape index (κ2) is 6.41. The Morgan fingerprint density at radius 3 is 3.05 bits per heavy atom. The Morgan fingerprint density at radius 1 is 1.60 bits per heavy atom. The average Bonchev–Trinajstić information content (AvgIpc) is 2.85. The van der Waals surface area contributed by atoms with Crippen LogP contribution in [0, 0.1) is 6.92 Å². The quantitative estimate of drug-likeness (QED) is 0.805. The molecule has 1 aromatic carbocycles. The molecule has 6 heteroatoms.